The largest absolute Gasteiger partial charge is 0.504 e. The van der Waals surface area contributed by atoms with Crippen molar-refractivity contribution in [2.24, 2.45) is 0 Å². The van der Waals surface area contributed by atoms with E-state index in [2.05, 4.69) is 0 Å². The van der Waals surface area contributed by atoms with Gasteiger partial charge in [-0.2, -0.15) is 0 Å². The van der Waals surface area contributed by atoms with Crippen LogP contribution in [0.25, 0.3) is 0 Å². The van der Waals surface area contributed by atoms with Crippen molar-refractivity contribution in [2.45, 2.75) is 24.4 Å². The van der Waals surface area contributed by atoms with E-state index in [0.29, 0.717) is 0 Å². The molecule has 2 fully saturated rings. The molecular formula is C20H17ClO9. The molecule has 158 valence electrons. The molecule has 2 saturated heterocycles. The van der Waals surface area contributed by atoms with Crippen LogP contribution in [0, 0.1) is 0 Å². The predicted molar refractivity (Wildman–Crippen MR) is 101 cm³/mol. The fraction of sp³-hybridized carbons (Fsp3) is 0.300. The summed E-state index contributed by atoms with van der Waals surface area (Å²) in [5.41, 5.74) is 0.0569. The van der Waals surface area contributed by atoms with Crippen LogP contribution in [-0.2, 0) is 18.9 Å². The maximum atomic E-state index is 12.4. The Labute approximate surface area is 175 Å². The molecule has 2 heterocycles. The number of hydrogen-bond acceptors (Lipinski definition) is 9. The summed E-state index contributed by atoms with van der Waals surface area (Å²) in [6.45, 7) is 0.0671. The minimum atomic E-state index is -0.852. The van der Waals surface area contributed by atoms with Gasteiger partial charge in [0.05, 0.1) is 29.4 Å². The van der Waals surface area contributed by atoms with Gasteiger partial charge in [0.2, 0.25) is 0 Å². The average molecular weight is 437 g/mol. The summed E-state index contributed by atoms with van der Waals surface area (Å²) in [7, 11) is 0. The Hall–Kier alpha value is -3.01. The van der Waals surface area contributed by atoms with Crippen LogP contribution < -0.4 is 0 Å². The summed E-state index contributed by atoms with van der Waals surface area (Å²) in [6, 6.07) is 8.41. The zero-order valence-corrected chi connectivity index (χ0v) is 16.1. The van der Waals surface area contributed by atoms with Crippen LogP contribution in [0.4, 0.5) is 0 Å². The smallest absolute Gasteiger partial charge is 0.340 e. The van der Waals surface area contributed by atoms with Crippen molar-refractivity contribution < 1.29 is 43.9 Å². The van der Waals surface area contributed by atoms with Crippen molar-refractivity contribution in [3.8, 4) is 17.2 Å². The molecule has 0 bridgehead atoms. The third-order valence-electron chi connectivity index (χ3n) is 4.88. The van der Waals surface area contributed by atoms with Crippen molar-refractivity contribution in [3.63, 3.8) is 0 Å². The molecular weight excluding hydrogens is 420 g/mol. The summed E-state index contributed by atoms with van der Waals surface area (Å²) >= 11 is 6.01. The van der Waals surface area contributed by atoms with E-state index < -0.39 is 53.6 Å². The molecule has 4 rings (SSSR count). The molecule has 0 spiro atoms. The molecule has 4 unspecified atom stereocenters. The number of esters is 2. The van der Waals surface area contributed by atoms with Gasteiger partial charge in [-0.3, -0.25) is 0 Å². The number of hydrogen-bond donors (Lipinski definition) is 3. The lowest BCUT2D eigenvalue weighted by molar-refractivity contribution is -0.0287. The van der Waals surface area contributed by atoms with E-state index in [-0.39, 0.29) is 29.4 Å². The number of aromatic hydroxyl groups is 3. The summed E-state index contributed by atoms with van der Waals surface area (Å²) < 4.78 is 22.1. The summed E-state index contributed by atoms with van der Waals surface area (Å²) in [6.07, 6.45) is -2.78. The number of halogens is 1. The number of rotatable bonds is 4. The van der Waals surface area contributed by atoms with Crippen molar-refractivity contribution in [2.75, 3.05) is 13.2 Å². The van der Waals surface area contributed by atoms with Gasteiger partial charge in [0.25, 0.3) is 0 Å². The Morgan fingerprint density at radius 1 is 0.900 bits per heavy atom. The highest BCUT2D eigenvalue weighted by molar-refractivity contribution is 6.33. The first kappa shape index (κ1) is 20.3. The summed E-state index contributed by atoms with van der Waals surface area (Å²) in [5, 5.41) is 28.7. The highest BCUT2D eigenvalue weighted by Gasteiger charge is 2.51. The van der Waals surface area contributed by atoms with E-state index in [1.807, 2.05) is 0 Å². The van der Waals surface area contributed by atoms with E-state index in [4.69, 9.17) is 30.5 Å². The third-order valence-corrected chi connectivity index (χ3v) is 5.21. The zero-order valence-electron chi connectivity index (χ0n) is 15.4. The fourth-order valence-electron chi connectivity index (χ4n) is 3.39. The first-order valence-electron chi connectivity index (χ1n) is 9.00. The highest BCUT2D eigenvalue weighted by Crippen LogP contribution is 2.36. The number of ether oxygens (including phenoxy) is 4. The second-order valence-electron chi connectivity index (χ2n) is 6.83. The number of carbonyl (C=O) groups excluding carboxylic acids is 2. The van der Waals surface area contributed by atoms with Crippen molar-refractivity contribution in [3.05, 3.63) is 52.5 Å². The summed E-state index contributed by atoms with van der Waals surface area (Å²) in [4.78, 5) is 24.7. The molecule has 2 aromatic rings. The Morgan fingerprint density at radius 3 is 2.00 bits per heavy atom. The van der Waals surface area contributed by atoms with Gasteiger partial charge in [0.1, 0.15) is 12.2 Å². The van der Waals surface area contributed by atoms with Crippen molar-refractivity contribution >= 4 is 23.5 Å². The molecule has 0 aliphatic carbocycles. The monoisotopic (exact) mass is 436 g/mol. The van der Waals surface area contributed by atoms with Gasteiger partial charge >= 0.3 is 11.9 Å². The number of phenolic OH excluding ortho intramolecular Hbond substituents is 3. The number of benzene rings is 2. The fourth-order valence-corrected chi connectivity index (χ4v) is 3.60. The first-order valence-corrected chi connectivity index (χ1v) is 9.37. The highest BCUT2D eigenvalue weighted by atomic mass is 35.5. The van der Waals surface area contributed by atoms with Crippen LogP contribution in [0.1, 0.15) is 20.7 Å². The molecule has 10 heteroatoms. The molecule has 2 aliphatic heterocycles. The maximum absolute atomic E-state index is 12.4. The van der Waals surface area contributed by atoms with E-state index in [9.17, 15) is 24.9 Å². The van der Waals surface area contributed by atoms with Gasteiger partial charge in [-0.15, -0.1) is 0 Å². The van der Waals surface area contributed by atoms with Crippen molar-refractivity contribution in [1.29, 1.82) is 0 Å². The maximum Gasteiger partial charge on any atom is 0.340 e. The van der Waals surface area contributed by atoms with Crippen LogP contribution in [0.3, 0.4) is 0 Å². The van der Waals surface area contributed by atoms with Gasteiger partial charge in [-0.25, -0.2) is 9.59 Å². The van der Waals surface area contributed by atoms with Gasteiger partial charge in [-0.05, 0) is 24.3 Å². The minimum absolute atomic E-state index is 0.0112. The topological polar surface area (TPSA) is 132 Å². The second-order valence-corrected chi connectivity index (χ2v) is 7.23. The molecule has 3 N–H and O–H groups in total. The molecule has 4 atom stereocenters. The normalized spacial score (nSPS) is 25.0. The molecule has 0 aromatic heterocycles. The van der Waals surface area contributed by atoms with Crippen LogP contribution in [-0.4, -0.2) is 64.9 Å². The standard InChI is InChI=1S/C20H17ClO9/c21-11-4-2-1-3-10(11)20(26)30-15-8-28-17-14(7-27-18(15)17)29-19(25)9-5-12(22)16(24)13(23)6-9/h1-6,14-15,17-18,22-24H,7-8H2. The average Bonchev–Trinajstić information content (AvgIpc) is 3.29. The third kappa shape index (κ3) is 3.74. The predicted octanol–water partition coefficient (Wildman–Crippen LogP) is 2.01. The lowest BCUT2D eigenvalue weighted by Gasteiger charge is -2.17. The molecule has 0 radical (unpaired) electrons. The molecule has 30 heavy (non-hydrogen) atoms. The molecule has 0 amide bonds. The van der Waals surface area contributed by atoms with Crippen LogP contribution >= 0.6 is 11.6 Å². The SMILES string of the molecule is O=C(OC1COC2C(OC(=O)c3ccccc3Cl)COC12)c1cc(O)c(O)c(O)c1. The Balaban J connectivity index is 1.40. The molecule has 0 saturated carbocycles. The van der Waals surface area contributed by atoms with Gasteiger partial charge in [-0.1, -0.05) is 23.7 Å². The van der Waals surface area contributed by atoms with E-state index in [0.717, 1.165) is 12.1 Å². The number of fused-ring (bicyclic) bond motifs is 1. The lowest BCUT2D eigenvalue weighted by Crippen LogP contribution is -2.36. The molecule has 9 nitrogen and oxygen atoms in total. The number of phenols is 3. The second kappa shape index (κ2) is 8.02. The molecule has 2 aliphatic rings. The minimum Gasteiger partial charge on any atom is -0.504 e. The summed E-state index contributed by atoms with van der Waals surface area (Å²) in [5.74, 6) is -3.53. The Bertz CT molecular complexity index is 969. The Morgan fingerprint density at radius 2 is 1.43 bits per heavy atom. The molecule has 2 aromatic carbocycles. The van der Waals surface area contributed by atoms with Crippen LogP contribution in [0.5, 0.6) is 17.2 Å². The van der Waals surface area contributed by atoms with Crippen LogP contribution in [0.2, 0.25) is 5.02 Å². The van der Waals surface area contributed by atoms with E-state index in [1.165, 1.54) is 0 Å². The van der Waals surface area contributed by atoms with E-state index in [1.54, 1.807) is 24.3 Å². The van der Waals surface area contributed by atoms with Gasteiger partial charge < -0.3 is 34.3 Å². The Kier molecular flexibility index (Phi) is 5.42. The number of carbonyl (C=O) groups is 2. The first-order chi connectivity index (χ1) is 14.3. The van der Waals surface area contributed by atoms with E-state index >= 15 is 0 Å². The van der Waals surface area contributed by atoms with Gasteiger partial charge in [0, 0.05) is 0 Å². The van der Waals surface area contributed by atoms with Gasteiger partial charge in [0.15, 0.2) is 29.5 Å². The van der Waals surface area contributed by atoms with Crippen LogP contribution in [0.15, 0.2) is 36.4 Å². The zero-order chi connectivity index (χ0) is 21.4. The lowest BCUT2D eigenvalue weighted by atomic mass is 10.1. The van der Waals surface area contributed by atoms with Crippen molar-refractivity contribution in [1.82, 2.24) is 0 Å². The quantitative estimate of drug-likeness (QED) is 0.486.